The number of hydrogen-bond acceptors (Lipinski definition) is 3. The summed E-state index contributed by atoms with van der Waals surface area (Å²) in [6.07, 6.45) is 5.32. The number of ether oxygens (including phenoxy) is 1. The average molecular weight is 367 g/mol. The molecule has 2 aliphatic heterocycles. The fourth-order valence-corrected chi connectivity index (χ4v) is 3.89. The van der Waals surface area contributed by atoms with Crippen LogP contribution in [0.1, 0.15) is 24.4 Å². The molecule has 0 bridgehead atoms. The molecule has 2 aliphatic rings. The van der Waals surface area contributed by atoms with Gasteiger partial charge in [0.05, 0.1) is 0 Å². The van der Waals surface area contributed by atoms with Crippen molar-refractivity contribution in [1.82, 2.24) is 14.4 Å². The van der Waals surface area contributed by atoms with Gasteiger partial charge < -0.3 is 19.1 Å². The summed E-state index contributed by atoms with van der Waals surface area (Å²) in [7, 11) is 0. The molecule has 2 aromatic rings. The smallest absolute Gasteiger partial charge is 0.251 e. The molecule has 0 spiro atoms. The monoisotopic (exact) mass is 367 g/mol. The molecule has 1 aromatic heterocycles. The Bertz CT molecular complexity index is 761. The highest BCUT2D eigenvalue weighted by molar-refractivity contribution is 5.85. The minimum atomic E-state index is -0.374. The lowest BCUT2D eigenvalue weighted by atomic mass is 10.0. The molecular formula is C21H25N3O3. The van der Waals surface area contributed by atoms with E-state index in [1.807, 2.05) is 69.2 Å². The van der Waals surface area contributed by atoms with Gasteiger partial charge in [-0.2, -0.15) is 0 Å². The SMILES string of the molecule is O=C([C@@H]1CCCO1)N1CCN(C(=O)[C@@H](c2ccccc2)n2cccc2)CC1. The van der Waals surface area contributed by atoms with E-state index < -0.39 is 0 Å². The lowest BCUT2D eigenvalue weighted by Gasteiger charge is -2.37. The quantitative estimate of drug-likeness (QED) is 0.830. The Labute approximate surface area is 159 Å². The first-order valence-electron chi connectivity index (χ1n) is 9.60. The van der Waals surface area contributed by atoms with Crippen LogP contribution in [0.25, 0.3) is 0 Å². The van der Waals surface area contributed by atoms with Crippen LogP contribution in [0.2, 0.25) is 0 Å². The van der Waals surface area contributed by atoms with Gasteiger partial charge in [0, 0.05) is 45.2 Å². The van der Waals surface area contributed by atoms with Crippen LogP contribution in [-0.2, 0) is 14.3 Å². The van der Waals surface area contributed by atoms with E-state index >= 15 is 0 Å². The maximum atomic E-state index is 13.3. The van der Waals surface area contributed by atoms with Crippen LogP contribution in [0, 0.1) is 0 Å². The fourth-order valence-electron chi connectivity index (χ4n) is 3.89. The predicted octanol–water partition coefficient (Wildman–Crippen LogP) is 1.93. The van der Waals surface area contributed by atoms with Crippen molar-refractivity contribution in [3.8, 4) is 0 Å². The summed E-state index contributed by atoms with van der Waals surface area (Å²) in [6, 6.07) is 13.3. The molecule has 2 atom stereocenters. The number of benzene rings is 1. The third-order valence-corrected chi connectivity index (χ3v) is 5.38. The van der Waals surface area contributed by atoms with Crippen LogP contribution in [-0.4, -0.2) is 65.1 Å². The van der Waals surface area contributed by atoms with Gasteiger partial charge in [-0.25, -0.2) is 0 Å². The molecule has 6 nitrogen and oxygen atoms in total. The zero-order valence-corrected chi connectivity index (χ0v) is 15.4. The number of carbonyl (C=O) groups is 2. The molecule has 0 N–H and O–H groups in total. The van der Waals surface area contributed by atoms with E-state index in [0.29, 0.717) is 32.8 Å². The van der Waals surface area contributed by atoms with E-state index in [2.05, 4.69) is 0 Å². The van der Waals surface area contributed by atoms with E-state index in [1.54, 1.807) is 0 Å². The van der Waals surface area contributed by atoms with Crippen molar-refractivity contribution >= 4 is 11.8 Å². The molecule has 0 aliphatic carbocycles. The molecule has 1 aromatic carbocycles. The normalized spacial score (nSPS) is 21.3. The van der Waals surface area contributed by atoms with Crippen LogP contribution < -0.4 is 0 Å². The number of amides is 2. The molecule has 0 saturated carbocycles. The Hall–Kier alpha value is -2.60. The van der Waals surface area contributed by atoms with Gasteiger partial charge in [-0.1, -0.05) is 30.3 Å². The average Bonchev–Trinajstić information content (AvgIpc) is 3.43. The zero-order valence-electron chi connectivity index (χ0n) is 15.4. The largest absolute Gasteiger partial charge is 0.368 e. The second kappa shape index (κ2) is 7.96. The first-order valence-corrected chi connectivity index (χ1v) is 9.60. The van der Waals surface area contributed by atoms with Crippen LogP contribution in [0.15, 0.2) is 54.9 Å². The van der Waals surface area contributed by atoms with E-state index in [0.717, 1.165) is 18.4 Å². The van der Waals surface area contributed by atoms with Crippen molar-refractivity contribution < 1.29 is 14.3 Å². The lowest BCUT2D eigenvalue weighted by Crippen LogP contribution is -2.54. The number of piperazine rings is 1. The van der Waals surface area contributed by atoms with Gasteiger partial charge >= 0.3 is 0 Å². The van der Waals surface area contributed by atoms with Gasteiger partial charge in [0.1, 0.15) is 12.1 Å². The highest BCUT2D eigenvalue weighted by atomic mass is 16.5. The van der Waals surface area contributed by atoms with E-state index in [-0.39, 0.29) is 24.0 Å². The Balaban J connectivity index is 1.45. The number of carbonyl (C=O) groups excluding carboxylic acids is 2. The maximum Gasteiger partial charge on any atom is 0.251 e. The maximum absolute atomic E-state index is 13.3. The Morgan fingerprint density at radius 3 is 2.22 bits per heavy atom. The van der Waals surface area contributed by atoms with Crippen molar-refractivity contribution in [1.29, 1.82) is 0 Å². The highest BCUT2D eigenvalue weighted by Crippen LogP contribution is 2.23. The van der Waals surface area contributed by atoms with Gasteiger partial charge in [0.15, 0.2) is 0 Å². The Morgan fingerprint density at radius 2 is 1.59 bits per heavy atom. The minimum Gasteiger partial charge on any atom is -0.368 e. The van der Waals surface area contributed by atoms with Crippen molar-refractivity contribution in [3.63, 3.8) is 0 Å². The van der Waals surface area contributed by atoms with Crippen molar-refractivity contribution in [2.24, 2.45) is 0 Å². The molecule has 6 heteroatoms. The second-order valence-corrected chi connectivity index (χ2v) is 7.10. The summed E-state index contributed by atoms with van der Waals surface area (Å²) >= 11 is 0. The molecule has 4 rings (SSSR count). The van der Waals surface area contributed by atoms with Gasteiger partial charge in [-0.05, 0) is 30.5 Å². The summed E-state index contributed by atoms with van der Waals surface area (Å²) < 4.78 is 7.46. The van der Waals surface area contributed by atoms with Gasteiger partial charge in [-0.15, -0.1) is 0 Å². The van der Waals surface area contributed by atoms with Crippen molar-refractivity contribution in [2.45, 2.75) is 25.0 Å². The Kier molecular flexibility index (Phi) is 5.25. The Morgan fingerprint density at radius 1 is 0.926 bits per heavy atom. The van der Waals surface area contributed by atoms with E-state index in [1.165, 1.54) is 0 Å². The van der Waals surface area contributed by atoms with E-state index in [4.69, 9.17) is 4.74 Å². The minimum absolute atomic E-state index is 0.0709. The molecule has 27 heavy (non-hydrogen) atoms. The number of rotatable bonds is 4. The predicted molar refractivity (Wildman–Crippen MR) is 101 cm³/mol. The molecule has 0 unspecified atom stereocenters. The van der Waals surface area contributed by atoms with Gasteiger partial charge in [0.25, 0.3) is 5.91 Å². The van der Waals surface area contributed by atoms with Gasteiger partial charge in [-0.3, -0.25) is 9.59 Å². The van der Waals surface area contributed by atoms with Crippen molar-refractivity contribution in [3.05, 3.63) is 60.4 Å². The second-order valence-electron chi connectivity index (χ2n) is 7.10. The standard InChI is InChI=1S/C21H25N3O3/c25-20(18-9-6-16-27-18)23-12-14-24(15-13-23)21(26)19(22-10-4-5-11-22)17-7-2-1-3-8-17/h1-5,7-8,10-11,18-19H,6,9,12-16H2/t18-,19+/m0/s1. The third-order valence-electron chi connectivity index (χ3n) is 5.38. The lowest BCUT2D eigenvalue weighted by molar-refractivity contribution is -0.146. The molecule has 142 valence electrons. The molecule has 0 radical (unpaired) electrons. The van der Waals surface area contributed by atoms with Crippen LogP contribution in [0.3, 0.4) is 0 Å². The molecule has 2 saturated heterocycles. The number of hydrogen-bond donors (Lipinski definition) is 0. The molecule has 2 fully saturated rings. The van der Waals surface area contributed by atoms with E-state index in [9.17, 15) is 9.59 Å². The molecular weight excluding hydrogens is 342 g/mol. The van der Waals surface area contributed by atoms with Crippen LogP contribution in [0.5, 0.6) is 0 Å². The summed E-state index contributed by atoms with van der Waals surface area (Å²) in [4.78, 5) is 29.5. The zero-order chi connectivity index (χ0) is 18.6. The topological polar surface area (TPSA) is 54.8 Å². The molecule has 2 amide bonds. The highest BCUT2D eigenvalue weighted by Gasteiger charge is 2.33. The summed E-state index contributed by atoms with van der Waals surface area (Å²) in [5.74, 6) is 0.145. The van der Waals surface area contributed by atoms with Crippen molar-refractivity contribution in [2.75, 3.05) is 32.8 Å². The number of aromatic nitrogens is 1. The van der Waals surface area contributed by atoms with Crippen LogP contribution in [0.4, 0.5) is 0 Å². The number of nitrogens with zero attached hydrogens (tertiary/aromatic N) is 3. The summed E-state index contributed by atoms with van der Waals surface area (Å²) in [5, 5.41) is 0. The third kappa shape index (κ3) is 3.76. The first-order chi connectivity index (χ1) is 13.2. The summed E-state index contributed by atoms with van der Waals surface area (Å²) in [6.45, 7) is 2.92. The summed E-state index contributed by atoms with van der Waals surface area (Å²) in [5.41, 5.74) is 0.969. The van der Waals surface area contributed by atoms with Gasteiger partial charge in [0.2, 0.25) is 5.91 Å². The van der Waals surface area contributed by atoms with Crippen LogP contribution >= 0.6 is 0 Å². The first kappa shape index (κ1) is 17.8. The molecule has 3 heterocycles. The fraction of sp³-hybridized carbons (Fsp3) is 0.429.